The highest BCUT2D eigenvalue weighted by Gasteiger charge is 2.21. The molecule has 1 aliphatic rings. The van der Waals surface area contributed by atoms with Crippen molar-refractivity contribution in [1.29, 1.82) is 0 Å². The Hall–Kier alpha value is -0.650. The average Bonchev–Trinajstić information content (AvgIpc) is 3.08. The van der Waals surface area contributed by atoms with Crippen molar-refractivity contribution in [3.05, 3.63) is 10.6 Å². The third-order valence-corrected chi connectivity index (χ3v) is 5.15. The molecule has 0 spiro atoms. The van der Waals surface area contributed by atoms with Crippen molar-refractivity contribution in [2.45, 2.75) is 51.7 Å². The lowest BCUT2D eigenvalue weighted by molar-refractivity contribution is 0.116. The van der Waals surface area contributed by atoms with E-state index in [1.165, 1.54) is 23.4 Å². The van der Waals surface area contributed by atoms with Gasteiger partial charge in [0.1, 0.15) is 0 Å². The van der Waals surface area contributed by atoms with E-state index in [2.05, 4.69) is 31.1 Å². The summed E-state index contributed by atoms with van der Waals surface area (Å²) in [5.41, 5.74) is 1.26. The van der Waals surface area contributed by atoms with Gasteiger partial charge in [0.05, 0.1) is 11.8 Å². The van der Waals surface area contributed by atoms with E-state index in [1.54, 1.807) is 0 Å². The van der Waals surface area contributed by atoms with Crippen LogP contribution in [0.25, 0.3) is 0 Å². The van der Waals surface area contributed by atoms with Crippen LogP contribution in [0.2, 0.25) is 0 Å². The monoisotopic (exact) mass is 297 g/mol. The van der Waals surface area contributed by atoms with E-state index in [0.717, 1.165) is 31.2 Å². The fraction of sp³-hybridized carbons (Fsp3) is 0.800. The Morgan fingerprint density at radius 2 is 2.35 bits per heavy atom. The van der Waals surface area contributed by atoms with Crippen LogP contribution >= 0.6 is 11.3 Å². The molecule has 2 heterocycles. The van der Waals surface area contributed by atoms with E-state index in [4.69, 9.17) is 9.72 Å². The van der Waals surface area contributed by atoms with Gasteiger partial charge in [-0.15, -0.1) is 11.3 Å². The van der Waals surface area contributed by atoms with Crippen molar-refractivity contribution in [2.24, 2.45) is 0 Å². The molecule has 114 valence electrons. The van der Waals surface area contributed by atoms with Crippen LogP contribution in [0.15, 0.2) is 0 Å². The Kier molecular flexibility index (Phi) is 5.81. The van der Waals surface area contributed by atoms with Gasteiger partial charge in [-0.3, -0.25) is 0 Å². The SMILES string of the molecule is CCC(C)c1nc(N(C)CC2CCCO2)sc1CNC. The van der Waals surface area contributed by atoms with Gasteiger partial charge in [-0.1, -0.05) is 13.8 Å². The summed E-state index contributed by atoms with van der Waals surface area (Å²) in [4.78, 5) is 8.52. The van der Waals surface area contributed by atoms with Crippen molar-refractivity contribution in [3.8, 4) is 0 Å². The molecule has 1 aromatic heterocycles. The second kappa shape index (κ2) is 7.38. The fourth-order valence-electron chi connectivity index (χ4n) is 2.55. The molecular weight excluding hydrogens is 270 g/mol. The Labute approximate surface area is 126 Å². The van der Waals surface area contributed by atoms with Gasteiger partial charge < -0.3 is 15.0 Å². The number of nitrogens with one attached hydrogen (secondary N) is 1. The molecule has 1 saturated heterocycles. The number of hydrogen-bond donors (Lipinski definition) is 1. The lowest BCUT2D eigenvalue weighted by Crippen LogP contribution is -2.28. The molecular formula is C15H27N3OS. The van der Waals surface area contributed by atoms with Crippen LogP contribution < -0.4 is 10.2 Å². The van der Waals surface area contributed by atoms with Crippen molar-refractivity contribution in [2.75, 3.05) is 32.1 Å². The molecule has 1 fully saturated rings. The van der Waals surface area contributed by atoms with Crippen LogP contribution in [0.3, 0.4) is 0 Å². The third-order valence-electron chi connectivity index (χ3n) is 3.96. The summed E-state index contributed by atoms with van der Waals surface area (Å²) in [5, 5.41) is 4.38. The van der Waals surface area contributed by atoms with Crippen molar-refractivity contribution in [1.82, 2.24) is 10.3 Å². The molecule has 1 aliphatic heterocycles. The molecule has 2 rings (SSSR count). The second-order valence-corrected chi connectivity index (χ2v) is 6.72. The van der Waals surface area contributed by atoms with E-state index in [1.807, 2.05) is 18.4 Å². The van der Waals surface area contributed by atoms with Gasteiger partial charge in [0.25, 0.3) is 0 Å². The number of ether oxygens (including phenoxy) is 1. The Morgan fingerprint density at radius 3 is 2.95 bits per heavy atom. The minimum atomic E-state index is 0.378. The first-order valence-electron chi connectivity index (χ1n) is 7.62. The standard InChI is InChI=1S/C15H27N3OS/c1-5-11(2)14-13(9-16-3)20-15(17-14)18(4)10-12-7-6-8-19-12/h11-12,16H,5-10H2,1-4H3. The molecule has 2 unspecified atom stereocenters. The number of hydrogen-bond acceptors (Lipinski definition) is 5. The van der Waals surface area contributed by atoms with Crippen molar-refractivity contribution < 1.29 is 4.74 Å². The van der Waals surface area contributed by atoms with E-state index in [-0.39, 0.29) is 0 Å². The van der Waals surface area contributed by atoms with Gasteiger partial charge in [-0.25, -0.2) is 4.98 Å². The molecule has 2 atom stereocenters. The largest absolute Gasteiger partial charge is 0.376 e. The number of anilines is 1. The average molecular weight is 297 g/mol. The van der Waals surface area contributed by atoms with Crippen LogP contribution in [-0.4, -0.2) is 38.3 Å². The molecule has 0 amide bonds. The van der Waals surface area contributed by atoms with Gasteiger partial charge in [-0.2, -0.15) is 0 Å². The highest BCUT2D eigenvalue weighted by atomic mass is 32.1. The fourth-order valence-corrected chi connectivity index (χ4v) is 3.71. The quantitative estimate of drug-likeness (QED) is 0.839. The Bertz CT molecular complexity index is 415. The van der Waals surface area contributed by atoms with E-state index in [9.17, 15) is 0 Å². The summed E-state index contributed by atoms with van der Waals surface area (Å²) in [6, 6.07) is 0. The van der Waals surface area contributed by atoms with Gasteiger partial charge in [0.2, 0.25) is 0 Å². The predicted molar refractivity (Wildman–Crippen MR) is 85.8 cm³/mol. The van der Waals surface area contributed by atoms with E-state index < -0.39 is 0 Å². The van der Waals surface area contributed by atoms with Gasteiger partial charge in [-0.05, 0) is 32.2 Å². The number of nitrogens with zero attached hydrogens (tertiary/aromatic N) is 2. The van der Waals surface area contributed by atoms with Crippen LogP contribution in [-0.2, 0) is 11.3 Å². The predicted octanol–water partition coefficient (Wildman–Crippen LogP) is 2.99. The molecule has 0 aliphatic carbocycles. The minimum absolute atomic E-state index is 0.378. The molecule has 0 radical (unpaired) electrons. The van der Waals surface area contributed by atoms with Crippen molar-refractivity contribution in [3.63, 3.8) is 0 Å². The molecule has 5 heteroatoms. The maximum atomic E-state index is 5.72. The van der Waals surface area contributed by atoms with Crippen LogP contribution in [0.4, 0.5) is 5.13 Å². The molecule has 20 heavy (non-hydrogen) atoms. The zero-order chi connectivity index (χ0) is 14.5. The molecule has 0 aromatic carbocycles. The maximum Gasteiger partial charge on any atom is 0.185 e. The molecule has 0 saturated carbocycles. The van der Waals surface area contributed by atoms with Crippen LogP contribution in [0.5, 0.6) is 0 Å². The number of thiazole rings is 1. The molecule has 4 nitrogen and oxygen atoms in total. The second-order valence-electron chi connectivity index (χ2n) is 5.66. The highest BCUT2D eigenvalue weighted by molar-refractivity contribution is 7.15. The third kappa shape index (κ3) is 3.71. The van der Waals surface area contributed by atoms with Crippen LogP contribution in [0.1, 0.15) is 49.6 Å². The van der Waals surface area contributed by atoms with E-state index in [0.29, 0.717) is 12.0 Å². The number of likely N-dealkylation sites (N-methyl/N-ethyl adjacent to an activating group) is 1. The van der Waals surface area contributed by atoms with Gasteiger partial charge in [0.15, 0.2) is 5.13 Å². The maximum absolute atomic E-state index is 5.72. The molecule has 0 bridgehead atoms. The Balaban J connectivity index is 2.09. The van der Waals surface area contributed by atoms with Crippen molar-refractivity contribution >= 4 is 16.5 Å². The summed E-state index contributed by atoms with van der Waals surface area (Å²) in [6.07, 6.45) is 3.88. The first-order valence-corrected chi connectivity index (χ1v) is 8.44. The van der Waals surface area contributed by atoms with Crippen LogP contribution in [0, 0.1) is 0 Å². The summed E-state index contributed by atoms with van der Waals surface area (Å²) >= 11 is 1.82. The minimum Gasteiger partial charge on any atom is -0.376 e. The number of aromatic nitrogens is 1. The zero-order valence-corrected chi connectivity index (χ0v) is 13.9. The Morgan fingerprint density at radius 1 is 1.55 bits per heavy atom. The smallest absolute Gasteiger partial charge is 0.185 e. The zero-order valence-electron chi connectivity index (χ0n) is 13.1. The summed E-state index contributed by atoms with van der Waals surface area (Å²) in [6.45, 7) is 7.26. The number of rotatable bonds is 7. The van der Waals surface area contributed by atoms with E-state index >= 15 is 0 Å². The normalized spacial score (nSPS) is 20.3. The lowest BCUT2D eigenvalue weighted by Gasteiger charge is -2.19. The topological polar surface area (TPSA) is 37.4 Å². The highest BCUT2D eigenvalue weighted by Crippen LogP contribution is 2.32. The summed E-state index contributed by atoms with van der Waals surface area (Å²) in [5.74, 6) is 0.527. The summed E-state index contributed by atoms with van der Waals surface area (Å²) in [7, 11) is 4.12. The van der Waals surface area contributed by atoms with Gasteiger partial charge >= 0.3 is 0 Å². The lowest BCUT2D eigenvalue weighted by atomic mass is 10.0. The first kappa shape index (κ1) is 15.7. The first-order chi connectivity index (χ1) is 9.65. The molecule has 1 N–H and O–H groups in total. The summed E-state index contributed by atoms with van der Waals surface area (Å²) < 4.78 is 5.72. The molecule has 1 aromatic rings. The van der Waals surface area contributed by atoms with Gasteiger partial charge in [0, 0.05) is 31.6 Å².